The zero-order chi connectivity index (χ0) is 11.8. The summed E-state index contributed by atoms with van der Waals surface area (Å²) in [7, 11) is -1.54. The summed E-state index contributed by atoms with van der Waals surface area (Å²) in [5.41, 5.74) is 1.89. The highest BCUT2D eigenvalue weighted by Crippen LogP contribution is 2.21. The third kappa shape index (κ3) is 1.65. The van der Waals surface area contributed by atoms with Crippen LogP contribution in [0, 0.1) is 0 Å². The molecule has 0 spiro atoms. The average Bonchev–Trinajstić information content (AvgIpc) is 2.38. The summed E-state index contributed by atoms with van der Waals surface area (Å²) in [6.45, 7) is 0. The lowest BCUT2D eigenvalue weighted by Gasteiger charge is -2.04. The molecule has 0 aliphatic rings. The van der Waals surface area contributed by atoms with Gasteiger partial charge in [0, 0.05) is 17.0 Å². The second-order valence-corrected chi connectivity index (χ2v) is 3.81. The summed E-state index contributed by atoms with van der Waals surface area (Å²) in [5.74, 6) is 0. The van der Waals surface area contributed by atoms with Crippen molar-refractivity contribution in [3.05, 3.63) is 42.6 Å². The SMILES string of the molecule is OB(O)c1ccc2c(ccc3ncccc32)n1. The normalized spacial score (nSPS) is 10.9. The van der Waals surface area contributed by atoms with Gasteiger partial charge in [0.25, 0.3) is 0 Å². The molecule has 3 rings (SSSR count). The average molecular weight is 224 g/mol. The van der Waals surface area contributed by atoms with Crippen molar-refractivity contribution in [1.82, 2.24) is 9.97 Å². The highest BCUT2D eigenvalue weighted by atomic mass is 16.4. The molecule has 0 amide bonds. The van der Waals surface area contributed by atoms with Gasteiger partial charge >= 0.3 is 7.12 Å². The fraction of sp³-hybridized carbons (Fsp3) is 0. The Labute approximate surface area is 97.7 Å². The van der Waals surface area contributed by atoms with Gasteiger partial charge in [-0.3, -0.25) is 9.97 Å². The lowest BCUT2D eigenvalue weighted by molar-refractivity contribution is 0.424. The standard InChI is InChI=1S/C12H9BN2O2/c16-13(17)12-6-3-9-8-2-1-7-14-10(8)4-5-11(9)15-12/h1-7,16-17H. The molecule has 2 N–H and O–H groups in total. The topological polar surface area (TPSA) is 66.2 Å². The van der Waals surface area contributed by atoms with Gasteiger partial charge in [0.15, 0.2) is 0 Å². The van der Waals surface area contributed by atoms with Crippen molar-refractivity contribution in [3.8, 4) is 0 Å². The van der Waals surface area contributed by atoms with Crippen LogP contribution in [0.3, 0.4) is 0 Å². The lowest BCUT2D eigenvalue weighted by atomic mass is 9.85. The summed E-state index contributed by atoms with van der Waals surface area (Å²) in [5, 5.41) is 20.1. The number of pyridine rings is 2. The van der Waals surface area contributed by atoms with Gasteiger partial charge in [-0.25, -0.2) is 0 Å². The predicted molar refractivity (Wildman–Crippen MR) is 66.9 cm³/mol. The Morgan fingerprint density at radius 1 is 0.882 bits per heavy atom. The van der Waals surface area contributed by atoms with Crippen molar-refractivity contribution in [1.29, 1.82) is 0 Å². The second-order valence-electron chi connectivity index (χ2n) is 3.81. The molecule has 0 atom stereocenters. The van der Waals surface area contributed by atoms with Crippen molar-refractivity contribution >= 4 is 34.5 Å². The molecule has 4 nitrogen and oxygen atoms in total. The third-order valence-electron chi connectivity index (χ3n) is 2.74. The maximum absolute atomic E-state index is 9.08. The fourth-order valence-electron chi connectivity index (χ4n) is 1.93. The molecule has 0 saturated carbocycles. The van der Waals surface area contributed by atoms with Crippen LogP contribution in [0.25, 0.3) is 21.8 Å². The number of benzene rings is 1. The van der Waals surface area contributed by atoms with E-state index in [9.17, 15) is 0 Å². The van der Waals surface area contributed by atoms with Crippen LogP contribution >= 0.6 is 0 Å². The first-order valence-corrected chi connectivity index (χ1v) is 5.26. The van der Waals surface area contributed by atoms with Gasteiger partial charge in [-0.05, 0) is 24.3 Å². The monoisotopic (exact) mass is 224 g/mol. The van der Waals surface area contributed by atoms with Crippen molar-refractivity contribution in [2.45, 2.75) is 0 Å². The lowest BCUT2D eigenvalue weighted by Crippen LogP contribution is -2.32. The van der Waals surface area contributed by atoms with Crippen LogP contribution in [0.5, 0.6) is 0 Å². The molecule has 17 heavy (non-hydrogen) atoms. The van der Waals surface area contributed by atoms with E-state index in [0.717, 1.165) is 21.8 Å². The Kier molecular flexibility index (Phi) is 2.28. The van der Waals surface area contributed by atoms with E-state index in [0.29, 0.717) is 0 Å². The first kappa shape index (κ1) is 10.2. The first-order chi connectivity index (χ1) is 8.25. The molecule has 0 aliphatic carbocycles. The van der Waals surface area contributed by atoms with E-state index in [2.05, 4.69) is 9.97 Å². The third-order valence-corrected chi connectivity index (χ3v) is 2.74. The van der Waals surface area contributed by atoms with E-state index < -0.39 is 7.12 Å². The van der Waals surface area contributed by atoms with Gasteiger partial charge in [-0.1, -0.05) is 12.1 Å². The fourth-order valence-corrected chi connectivity index (χ4v) is 1.93. The van der Waals surface area contributed by atoms with Crippen LogP contribution in [0.15, 0.2) is 42.6 Å². The van der Waals surface area contributed by atoms with Crippen LogP contribution < -0.4 is 5.59 Å². The first-order valence-electron chi connectivity index (χ1n) is 5.26. The Balaban J connectivity index is 2.37. The summed E-state index contributed by atoms with van der Waals surface area (Å²) in [6, 6.07) is 11.0. The smallest absolute Gasteiger partial charge is 0.422 e. The van der Waals surface area contributed by atoms with E-state index in [1.807, 2.05) is 30.3 Å². The molecular weight excluding hydrogens is 215 g/mol. The van der Waals surface area contributed by atoms with Gasteiger partial charge in [0.1, 0.15) is 0 Å². The van der Waals surface area contributed by atoms with Gasteiger partial charge < -0.3 is 10.0 Å². The maximum Gasteiger partial charge on any atom is 0.508 e. The summed E-state index contributed by atoms with van der Waals surface area (Å²) >= 11 is 0. The minimum atomic E-state index is -1.54. The van der Waals surface area contributed by atoms with E-state index in [1.54, 1.807) is 12.3 Å². The summed E-state index contributed by atoms with van der Waals surface area (Å²) in [4.78, 5) is 8.46. The van der Waals surface area contributed by atoms with E-state index in [4.69, 9.17) is 10.0 Å². The number of aromatic nitrogens is 2. The van der Waals surface area contributed by atoms with Crippen molar-refractivity contribution in [3.63, 3.8) is 0 Å². The number of hydrogen-bond donors (Lipinski definition) is 2. The molecule has 2 heterocycles. The molecule has 0 unspecified atom stereocenters. The van der Waals surface area contributed by atoms with E-state index in [-0.39, 0.29) is 5.59 Å². The van der Waals surface area contributed by atoms with Gasteiger partial charge in [-0.2, -0.15) is 0 Å². The number of nitrogens with zero attached hydrogens (tertiary/aromatic N) is 2. The zero-order valence-corrected chi connectivity index (χ0v) is 8.91. The second kappa shape index (κ2) is 3.80. The molecule has 0 radical (unpaired) electrons. The zero-order valence-electron chi connectivity index (χ0n) is 8.91. The Bertz CT molecular complexity index is 700. The van der Waals surface area contributed by atoms with Crippen LogP contribution in [0.1, 0.15) is 0 Å². The summed E-state index contributed by atoms with van der Waals surface area (Å²) in [6.07, 6.45) is 1.74. The van der Waals surface area contributed by atoms with E-state index >= 15 is 0 Å². The van der Waals surface area contributed by atoms with Crippen molar-refractivity contribution in [2.24, 2.45) is 0 Å². The summed E-state index contributed by atoms with van der Waals surface area (Å²) < 4.78 is 0. The molecular formula is C12H9BN2O2. The largest absolute Gasteiger partial charge is 0.508 e. The number of fused-ring (bicyclic) bond motifs is 3. The Hall–Kier alpha value is -1.98. The molecule has 0 fully saturated rings. The van der Waals surface area contributed by atoms with Crippen LogP contribution in [-0.4, -0.2) is 27.1 Å². The molecule has 2 aromatic heterocycles. The van der Waals surface area contributed by atoms with Crippen molar-refractivity contribution in [2.75, 3.05) is 0 Å². The van der Waals surface area contributed by atoms with Crippen LogP contribution in [0.2, 0.25) is 0 Å². The Morgan fingerprint density at radius 3 is 2.47 bits per heavy atom. The van der Waals surface area contributed by atoms with E-state index in [1.165, 1.54) is 0 Å². The van der Waals surface area contributed by atoms with Gasteiger partial charge in [0.05, 0.1) is 16.6 Å². The minimum absolute atomic E-state index is 0.251. The highest BCUT2D eigenvalue weighted by Gasteiger charge is 2.13. The molecule has 82 valence electrons. The van der Waals surface area contributed by atoms with Crippen molar-refractivity contribution < 1.29 is 10.0 Å². The quantitative estimate of drug-likeness (QED) is 0.465. The number of rotatable bonds is 1. The maximum atomic E-state index is 9.08. The van der Waals surface area contributed by atoms with Crippen LogP contribution in [-0.2, 0) is 0 Å². The molecule has 5 heteroatoms. The number of hydrogen-bond acceptors (Lipinski definition) is 4. The molecule has 0 saturated heterocycles. The highest BCUT2D eigenvalue weighted by molar-refractivity contribution is 6.57. The minimum Gasteiger partial charge on any atom is -0.422 e. The van der Waals surface area contributed by atoms with Crippen LogP contribution in [0.4, 0.5) is 0 Å². The predicted octanol–water partition coefficient (Wildman–Crippen LogP) is 0.463. The molecule has 0 aliphatic heterocycles. The molecule has 1 aromatic carbocycles. The molecule has 3 aromatic rings. The Morgan fingerprint density at radius 2 is 1.65 bits per heavy atom. The van der Waals surface area contributed by atoms with Gasteiger partial charge in [-0.15, -0.1) is 0 Å². The molecule has 0 bridgehead atoms. The van der Waals surface area contributed by atoms with Gasteiger partial charge in [0.2, 0.25) is 0 Å².